The van der Waals surface area contributed by atoms with E-state index in [0.717, 1.165) is 0 Å². The zero-order chi connectivity index (χ0) is 18.0. The Bertz CT molecular complexity index is 701. The summed E-state index contributed by atoms with van der Waals surface area (Å²) in [6.07, 6.45) is 0.641. The summed E-state index contributed by atoms with van der Waals surface area (Å²) in [5.74, 6) is -2.46. The third-order valence-corrected chi connectivity index (χ3v) is 4.69. The maximum Gasteiger partial charge on any atom is 0.317 e. The van der Waals surface area contributed by atoms with Gasteiger partial charge in [0.05, 0.1) is 18.2 Å². The lowest BCUT2D eigenvalue weighted by molar-refractivity contribution is -0.138. The molecule has 0 bridgehead atoms. The highest BCUT2D eigenvalue weighted by Gasteiger charge is 2.29. The lowest BCUT2D eigenvalue weighted by Crippen LogP contribution is -2.48. The first kappa shape index (κ1) is 17.3. The second-order valence-electron chi connectivity index (χ2n) is 6.37. The molecule has 0 radical (unpaired) electrons. The van der Waals surface area contributed by atoms with Crippen LogP contribution >= 0.6 is 0 Å². The number of piperidine rings is 1. The van der Waals surface area contributed by atoms with Crippen LogP contribution in [0, 0.1) is 5.82 Å². The van der Waals surface area contributed by atoms with Crippen LogP contribution in [0.4, 0.5) is 10.1 Å². The number of nitrogens with one attached hydrogen (secondary N) is 1. The predicted molar refractivity (Wildman–Crippen MR) is 87.8 cm³/mol. The van der Waals surface area contributed by atoms with Crippen LogP contribution in [0.3, 0.4) is 0 Å². The lowest BCUT2D eigenvalue weighted by Gasteiger charge is -2.35. The van der Waals surface area contributed by atoms with Crippen LogP contribution in [-0.4, -0.2) is 60.5 Å². The molecule has 2 heterocycles. The molecule has 8 heteroatoms. The van der Waals surface area contributed by atoms with Crippen LogP contribution in [0.1, 0.15) is 24.3 Å². The molecule has 0 aromatic heterocycles. The second-order valence-corrected chi connectivity index (χ2v) is 6.37. The van der Waals surface area contributed by atoms with Crippen LogP contribution in [0.2, 0.25) is 0 Å². The Labute approximate surface area is 144 Å². The van der Waals surface area contributed by atoms with Crippen LogP contribution in [0.15, 0.2) is 18.2 Å². The summed E-state index contributed by atoms with van der Waals surface area (Å²) < 4.78 is 14.6. The molecule has 2 aliphatic heterocycles. The van der Waals surface area contributed by atoms with Gasteiger partial charge in [-0.05, 0) is 24.1 Å². The number of benzene rings is 1. The molecular weight excluding hydrogens is 329 g/mol. The Morgan fingerprint density at radius 1 is 1.24 bits per heavy atom. The fraction of sp³-hybridized carbons (Fsp3) is 0.471. The van der Waals surface area contributed by atoms with Gasteiger partial charge < -0.3 is 10.0 Å². The number of halogens is 1. The molecule has 2 saturated heterocycles. The molecule has 0 spiro atoms. The average Bonchev–Trinajstić information content (AvgIpc) is 2.55. The average molecular weight is 349 g/mol. The molecule has 134 valence electrons. The number of hydrogen-bond acceptors (Lipinski definition) is 5. The van der Waals surface area contributed by atoms with Gasteiger partial charge in [-0.25, -0.2) is 4.39 Å². The van der Waals surface area contributed by atoms with Crippen LogP contribution in [-0.2, 0) is 14.4 Å². The van der Waals surface area contributed by atoms with E-state index in [1.165, 1.54) is 6.07 Å². The van der Waals surface area contributed by atoms with Crippen LogP contribution in [0.5, 0.6) is 0 Å². The van der Waals surface area contributed by atoms with E-state index in [4.69, 9.17) is 5.11 Å². The third-order valence-electron chi connectivity index (χ3n) is 4.69. The number of carboxylic acid groups (broad SMARTS) is 1. The molecule has 0 unspecified atom stereocenters. The van der Waals surface area contributed by atoms with Gasteiger partial charge in [0.25, 0.3) is 0 Å². The molecule has 2 aliphatic rings. The number of hydrogen-bond donors (Lipinski definition) is 2. The van der Waals surface area contributed by atoms with Crippen molar-refractivity contribution in [1.82, 2.24) is 10.2 Å². The quantitative estimate of drug-likeness (QED) is 0.772. The van der Waals surface area contributed by atoms with E-state index < -0.39 is 17.7 Å². The van der Waals surface area contributed by atoms with E-state index in [1.54, 1.807) is 12.1 Å². The number of amides is 2. The Morgan fingerprint density at radius 2 is 1.96 bits per heavy atom. The predicted octanol–water partition coefficient (Wildman–Crippen LogP) is 0.552. The number of aliphatic carboxylic acids is 1. The number of carboxylic acids is 1. The molecule has 0 saturated carbocycles. The van der Waals surface area contributed by atoms with Crippen molar-refractivity contribution in [3.63, 3.8) is 0 Å². The summed E-state index contributed by atoms with van der Waals surface area (Å²) in [4.78, 5) is 37.6. The minimum atomic E-state index is -0.867. The zero-order valence-corrected chi connectivity index (χ0v) is 13.7. The van der Waals surface area contributed by atoms with Crippen LogP contribution < -0.4 is 10.2 Å². The van der Waals surface area contributed by atoms with Gasteiger partial charge in [-0.1, -0.05) is 6.07 Å². The molecule has 2 amide bonds. The molecule has 2 N–H and O–H groups in total. The van der Waals surface area contributed by atoms with Gasteiger partial charge in [-0.15, -0.1) is 0 Å². The highest BCUT2D eigenvalue weighted by Crippen LogP contribution is 2.29. The SMILES string of the molecule is O=C(O)CN1CCN(c2ccc([C@@H]3CCC(=O)NC3=O)cc2F)CC1. The van der Waals surface area contributed by atoms with E-state index in [1.807, 2.05) is 9.80 Å². The molecule has 1 atom stereocenters. The number of carbonyl (C=O) groups excluding carboxylic acids is 2. The minimum Gasteiger partial charge on any atom is -0.480 e. The monoisotopic (exact) mass is 349 g/mol. The topological polar surface area (TPSA) is 89.9 Å². The van der Waals surface area contributed by atoms with Gasteiger partial charge in [0.1, 0.15) is 5.82 Å². The Balaban J connectivity index is 1.68. The number of piperazine rings is 1. The first-order valence-corrected chi connectivity index (χ1v) is 8.26. The van der Waals surface area contributed by atoms with Crippen molar-refractivity contribution in [1.29, 1.82) is 0 Å². The molecule has 0 aliphatic carbocycles. The number of rotatable bonds is 4. The first-order valence-electron chi connectivity index (χ1n) is 8.26. The standard InChI is InChI=1S/C17H20FN3O4/c18-13-9-11(12-2-4-15(22)19-17(12)25)1-3-14(13)21-7-5-20(6-8-21)10-16(23)24/h1,3,9,12H,2,4-8,10H2,(H,23,24)(H,19,22,25)/t12-/m0/s1. The number of carbonyl (C=O) groups is 3. The Morgan fingerprint density at radius 3 is 2.56 bits per heavy atom. The minimum absolute atomic E-state index is 0.00916. The van der Waals surface area contributed by atoms with E-state index in [-0.39, 0.29) is 24.8 Å². The van der Waals surface area contributed by atoms with Crippen molar-refractivity contribution in [3.05, 3.63) is 29.6 Å². The lowest BCUT2D eigenvalue weighted by atomic mass is 9.90. The summed E-state index contributed by atoms with van der Waals surface area (Å²) in [5, 5.41) is 11.1. The normalized spacial score (nSPS) is 22.0. The number of nitrogens with zero attached hydrogens (tertiary/aromatic N) is 2. The second kappa shape index (κ2) is 7.18. The highest BCUT2D eigenvalue weighted by molar-refractivity contribution is 6.00. The fourth-order valence-corrected chi connectivity index (χ4v) is 3.35. The molecule has 1 aromatic rings. The first-order chi connectivity index (χ1) is 11.9. The van der Waals surface area contributed by atoms with Gasteiger partial charge in [0.2, 0.25) is 11.8 Å². The van der Waals surface area contributed by atoms with E-state index in [2.05, 4.69) is 5.32 Å². The van der Waals surface area contributed by atoms with Crippen molar-refractivity contribution >= 4 is 23.5 Å². The Kier molecular flexibility index (Phi) is 4.98. The van der Waals surface area contributed by atoms with Crippen molar-refractivity contribution in [3.8, 4) is 0 Å². The molecular formula is C17H20FN3O4. The van der Waals surface area contributed by atoms with Crippen molar-refractivity contribution in [2.45, 2.75) is 18.8 Å². The summed E-state index contributed by atoms with van der Waals surface area (Å²) in [6, 6.07) is 4.74. The molecule has 25 heavy (non-hydrogen) atoms. The van der Waals surface area contributed by atoms with Gasteiger partial charge in [0.15, 0.2) is 0 Å². The third kappa shape index (κ3) is 3.96. The maximum atomic E-state index is 14.6. The van der Waals surface area contributed by atoms with Gasteiger partial charge in [0, 0.05) is 32.6 Å². The van der Waals surface area contributed by atoms with Gasteiger partial charge >= 0.3 is 5.97 Å². The van der Waals surface area contributed by atoms with Crippen LogP contribution in [0.25, 0.3) is 0 Å². The highest BCUT2D eigenvalue weighted by atomic mass is 19.1. The molecule has 7 nitrogen and oxygen atoms in total. The van der Waals surface area contributed by atoms with Crippen molar-refractivity contribution in [2.75, 3.05) is 37.6 Å². The van der Waals surface area contributed by atoms with Gasteiger partial charge in [-0.2, -0.15) is 0 Å². The Hall–Kier alpha value is -2.48. The largest absolute Gasteiger partial charge is 0.480 e. The van der Waals surface area contributed by atoms with Crippen molar-refractivity contribution in [2.24, 2.45) is 0 Å². The van der Waals surface area contributed by atoms with Crippen molar-refractivity contribution < 1.29 is 23.9 Å². The summed E-state index contributed by atoms with van der Waals surface area (Å²) in [5.41, 5.74) is 1.02. The number of anilines is 1. The summed E-state index contributed by atoms with van der Waals surface area (Å²) in [7, 11) is 0. The maximum absolute atomic E-state index is 14.6. The van der Waals surface area contributed by atoms with E-state index in [0.29, 0.717) is 43.9 Å². The molecule has 2 fully saturated rings. The molecule has 3 rings (SSSR count). The summed E-state index contributed by atoms with van der Waals surface area (Å²) in [6.45, 7) is 2.19. The van der Waals surface area contributed by atoms with Gasteiger partial charge in [-0.3, -0.25) is 24.6 Å². The molecule has 1 aromatic carbocycles. The summed E-state index contributed by atoms with van der Waals surface area (Å²) >= 11 is 0. The van der Waals surface area contributed by atoms with E-state index >= 15 is 0 Å². The smallest absolute Gasteiger partial charge is 0.317 e. The fourth-order valence-electron chi connectivity index (χ4n) is 3.35. The van der Waals surface area contributed by atoms with E-state index in [9.17, 15) is 18.8 Å². The number of imide groups is 1. The zero-order valence-electron chi connectivity index (χ0n) is 13.7.